The highest BCUT2D eigenvalue weighted by atomic mass is 16.3. The Morgan fingerprint density at radius 3 is 2.17 bits per heavy atom. The molecule has 0 aromatic heterocycles. The third-order valence-electron chi connectivity index (χ3n) is 5.52. The van der Waals surface area contributed by atoms with Gasteiger partial charge in [-0.05, 0) is 45.6 Å². The Balaban J connectivity index is 0.00000320. The lowest BCUT2D eigenvalue weighted by Gasteiger charge is -2.28. The molecule has 30 heavy (non-hydrogen) atoms. The molecule has 0 spiro atoms. The van der Waals surface area contributed by atoms with E-state index in [0.717, 1.165) is 22.3 Å². The average molecular weight is 407 g/mol. The SMILES string of the molecule is C.CC(C)(C)c1cc(C(C)(C)C)c(CC(=O)C2=CCc3ccccc3C2=O)cc1O. The van der Waals surface area contributed by atoms with E-state index in [1.54, 1.807) is 18.2 Å². The molecule has 0 saturated heterocycles. The van der Waals surface area contributed by atoms with Crippen LogP contribution in [0.4, 0.5) is 0 Å². The van der Waals surface area contributed by atoms with Crippen molar-refractivity contribution in [3.8, 4) is 5.75 Å². The van der Waals surface area contributed by atoms with Gasteiger partial charge in [0.25, 0.3) is 0 Å². The lowest BCUT2D eigenvalue weighted by atomic mass is 9.76. The quantitative estimate of drug-likeness (QED) is 0.627. The fourth-order valence-electron chi connectivity index (χ4n) is 3.95. The maximum atomic E-state index is 13.1. The van der Waals surface area contributed by atoms with Crippen LogP contribution < -0.4 is 0 Å². The molecule has 160 valence electrons. The van der Waals surface area contributed by atoms with E-state index in [2.05, 4.69) is 41.5 Å². The molecule has 0 bridgehead atoms. The summed E-state index contributed by atoms with van der Waals surface area (Å²) in [5.41, 5.74) is 4.08. The van der Waals surface area contributed by atoms with Crippen molar-refractivity contribution in [2.45, 2.75) is 72.6 Å². The molecule has 3 rings (SSSR count). The minimum absolute atomic E-state index is 0. The monoisotopic (exact) mass is 406 g/mol. The van der Waals surface area contributed by atoms with Gasteiger partial charge in [0.05, 0.1) is 5.57 Å². The highest BCUT2D eigenvalue weighted by Gasteiger charge is 2.29. The van der Waals surface area contributed by atoms with Crippen LogP contribution in [-0.4, -0.2) is 16.7 Å². The van der Waals surface area contributed by atoms with Crippen LogP contribution in [0.15, 0.2) is 48.0 Å². The van der Waals surface area contributed by atoms with Crippen LogP contribution in [0.25, 0.3) is 0 Å². The number of carbonyl (C=O) groups is 2. The number of benzene rings is 2. The number of phenols is 1. The van der Waals surface area contributed by atoms with E-state index in [9.17, 15) is 14.7 Å². The molecule has 0 saturated carbocycles. The Morgan fingerprint density at radius 2 is 1.57 bits per heavy atom. The summed E-state index contributed by atoms with van der Waals surface area (Å²) in [6.07, 6.45) is 2.43. The van der Waals surface area contributed by atoms with Crippen LogP contribution in [0.3, 0.4) is 0 Å². The van der Waals surface area contributed by atoms with Crippen molar-refractivity contribution in [1.29, 1.82) is 0 Å². The van der Waals surface area contributed by atoms with Gasteiger partial charge in [-0.3, -0.25) is 9.59 Å². The van der Waals surface area contributed by atoms with E-state index in [0.29, 0.717) is 12.0 Å². The van der Waals surface area contributed by atoms with Gasteiger partial charge in [0.1, 0.15) is 5.75 Å². The Hall–Kier alpha value is -2.68. The molecule has 0 heterocycles. The van der Waals surface area contributed by atoms with E-state index >= 15 is 0 Å². The third-order valence-corrected chi connectivity index (χ3v) is 5.52. The highest BCUT2D eigenvalue weighted by molar-refractivity contribution is 6.27. The van der Waals surface area contributed by atoms with Crippen molar-refractivity contribution in [2.75, 3.05) is 0 Å². The molecular formula is C27H34O3. The van der Waals surface area contributed by atoms with Gasteiger partial charge in [-0.15, -0.1) is 0 Å². The smallest absolute Gasteiger partial charge is 0.196 e. The molecule has 1 aliphatic rings. The fraction of sp³-hybridized carbons (Fsp3) is 0.407. The first kappa shape index (κ1) is 23.6. The van der Waals surface area contributed by atoms with Gasteiger partial charge in [0, 0.05) is 12.0 Å². The second-order valence-electron chi connectivity index (χ2n) is 9.93. The number of aromatic hydroxyl groups is 1. The number of rotatable bonds is 3. The standard InChI is InChI=1S/C26H30O3.CH4/c1-25(2,3)20-15-21(26(4,5)6)23(28)14-17(20)13-22(27)19-12-11-16-9-7-8-10-18(16)24(19)29;/h7-10,12,14-15,28H,11,13H2,1-6H3;1H4. The van der Waals surface area contributed by atoms with Crippen molar-refractivity contribution in [3.63, 3.8) is 0 Å². The van der Waals surface area contributed by atoms with E-state index in [4.69, 9.17) is 0 Å². The first-order valence-corrected chi connectivity index (χ1v) is 10.1. The van der Waals surface area contributed by atoms with Gasteiger partial charge in [0.15, 0.2) is 11.6 Å². The Kier molecular flexibility index (Phi) is 6.46. The Bertz CT molecular complexity index is 1010. The Labute approximate surface area is 180 Å². The zero-order valence-corrected chi connectivity index (χ0v) is 18.2. The van der Waals surface area contributed by atoms with Crippen molar-refractivity contribution in [2.24, 2.45) is 0 Å². The first-order valence-electron chi connectivity index (χ1n) is 10.1. The Morgan fingerprint density at radius 1 is 0.967 bits per heavy atom. The topological polar surface area (TPSA) is 54.4 Å². The normalized spacial score (nSPS) is 13.9. The summed E-state index contributed by atoms with van der Waals surface area (Å²) in [5, 5.41) is 10.6. The number of carbonyl (C=O) groups excluding carboxylic acids is 2. The molecule has 3 nitrogen and oxygen atoms in total. The lowest BCUT2D eigenvalue weighted by Crippen LogP contribution is -2.23. The van der Waals surface area contributed by atoms with E-state index in [-0.39, 0.29) is 47.6 Å². The van der Waals surface area contributed by atoms with Gasteiger partial charge in [-0.1, -0.05) is 85.4 Å². The number of hydrogen-bond acceptors (Lipinski definition) is 3. The lowest BCUT2D eigenvalue weighted by molar-refractivity contribution is -0.114. The van der Waals surface area contributed by atoms with Crippen LogP contribution in [0, 0.1) is 0 Å². The van der Waals surface area contributed by atoms with Crippen LogP contribution in [0.5, 0.6) is 5.75 Å². The number of phenolic OH excluding ortho intramolecular Hbond substituents is 1. The minimum atomic E-state index is -0.210. The number of allylic oxidation sites excluding steroid dienone is 2. The van der Waals surface area contributed by atoms with E-state index in [1.807, 2.05) is 24.3 Å². The molecule has 0 atom stereocenters. The first-order chi connectivity index (χ1) is 13.4. The highest BCUT2D eigenvalue weighted by Crippen LogP contribution is 2.38. The summed E-state index contributed by atoms with van der Waals surface area (Å²) >= 11 is 0. The predicted octanol–water partition coefficient (Wildman–Crippen LogP) is 6.10. The molecular weight excluding hydrogens is 372 g/mol. The molecule has 2 aromatic carbocycles. The predicted molar refractivity (Wildman–Crippen MR) is 124 cm³/mol. The fourth-order valence-corrected chi connectivity index (χ4v) is 3.95. The van der Waals surface area contributed by atoms with E-state index in [1.165, 1.54) is 0 Å². The van der Waals surface area contributed by atoms with Gasteiger partial charge >= 0.3 is 0 Å². The maximum absolute atomic E-state index is 13.1. The van der Waals surface area contributed by atoms with Gasteiger partial charge in [-0.25, -0.2) is 0 Å². The number of fused-ring (bicyclic) bond motifs is 1. The molecule has 1 N–H and O–H groups in total. The van der Waals surface area contributed by atoms with Crippen molar-refractivity contribution < 1.29 is 14.7 Å². The summed E-state index contributed by atoms with van der Waals surface area (Å²) in [4.78, 5) is 25.9. The minimum Gasteiger partial charge on any atom is -0.508 e. The molecule has 0 aliphatic heterocycles. The van der Waals surface area contributed by atoms with Crippen LogP contribution in [0.1, 0.15) is 81.6 Å². The second-order valence-corrected chi connectivity index (χ2v) is 9.93. The summed E-state index contributed by atoms with van der Waals surface area (Å²) < 4.78 is 0. The summed E-state index contributed by atoms with van der Waals surface area (Å²) in [5.74, 6) is -0.204. The van der Waals surface area contributed by atoms with Crippen molar-refractivity contribution >= 4 is 11.6 Å². The molecule has 0 unspecified atom stereocenters. The molecule has 3 heteroatoms. The summed E-state index contributed by atoms with van der Waals surface area (Å²) in [7, 11) is 0. The molecule has 0 radical (unpaired) electrons. The van der Waals surface area contributed by atoms with Gasteiger partial charge < -0.3 is 5.11 Å². The average Bonchev–Trinajstić information content (AvgIpc) is 2.60. The molecule has 2 aromatic rings. The van der Waals surface area contributed by atoms with Crippen molar-refractivity contribution in [3.05, 3.63) is 75.9 Å². The zero-order valence-electron chi connectivity index (χ0n) is 18.2. The molecule has 0 fully saturated rings. The number of hydrogen-bond donors (Lipinski definition) is 1. The third kappa shape index (κ3) is 4.56. The van der Waals surface area contributed by atoms with E-state index < -0.39 is 0 Å². The summed E-state index contributed by atoms with van der Waals surface area (Å²) in [6.45, 7) is 12.5. The van der Waals surface area contributed by atoms with Gasteiger partial charge in [0.2, 0.25) is 0 Å². The van der Waals surface area contributed by atoms with Gasteiger partial charge in [-0.2, -0.15) is 0 Å². The van der Waals surface area contributed by atoms with Crippen LogP contribution >= 0.6 is 0 Å². The largest absolute Gasteiger partial charge is 0.508 e. The number of Topliss-reactive ketones (excluding diaryl/α,β-unsaturated/α-hetero) is 2. The zero-order chi connectivity index (χ0) is 21.6. The van der Waals surface area contributed by atoms with Crippen LogP contribution in [-0.2, 0) is 28.5 Å². The molecule has 0 amide bonds. The number of ketones is 2. The van der Waals surface area contributed by atoms with Crippen LogP contribution in [0.2, 0.25) is 0 Å². The molecule has 1 aliphatic carbocycles. The maximum Gasteiger partial charge on any atom is 0.196 e. The second kappa shape index (κ2) is 8.22. The van der Waals surface area contributed by atoms with Crippen molar-refractivity contribution in [1.82, 2.24) is 0 Å². The summed E-state index contributed by atoms with van der Waals surface area (Å²) in [6, 6.07) is 11.2.